The third-order valence-electron chi connectivity index (χ3n) is 0.662. The van der Waals surface area contributed by atoms with E-state index in [1.54, 1.807) is 0 Å². The Bertz CT molecular complexity index is 61.1. The van der Waals surface area contributed by atoms with E-state index in [2.05, 4.69) is 0 Å². The zero-order valence-corrected chi connectivity index (χ0v) is 5.98. The highest BCUT2D eigenvalue weighted by atomic mass is 35.5. The van der Waals surface area contributed by atoms with E-state index < -0.39 is 0 Å². The Hall–Kier alpha value is 0.380. The quantitative estimate of drug-likeness (QED) is 0.424. The smallest absolute Gasteiger partial charge is 0.0226 e. The minimum absolute atomic E-state index is 0.730. The first-order valence-corrected chi connectivity index (χ1v) is 3.27. The zero-order chi connectivity index (χ0) is 5.70. The van der Waals surface area contributed by atoms with Crippen LogP contribution in [0.25, 0.3) is 0 Å². The summed E-state index contributed by atoms with van der Waals surface area (Å²) in [6.07, 6.45) is 2.02. The van der Waals surface area contributed by atoms with E-state index in [1.807, 2.05) is 6.92 Å². The molecule has 0 aromatic rings. The van der Waals surface area contributed by atoms with E-state index in [-0.39, 0.29) is 0 Å². The average molecular weight is 137 g/mol. The lowest BCUT2D eigenvalue weighted by Gasteiger charge is -1.88. The van der Waals surface area contributed by atoms with E-state index in [9.17, 15) is 0 Å². The van der Waals surface area contributed by atoms with Gasteiger partial charge in [-0.15, -0.1) is 11.6 Å². The fraction of sp³-hybridized carbons (Fsp3) is 0.800. The predicted molar refractivity (Wildman–Crippen MR) is 38.2 cm³/mol. The minimum atomic E-state index is 0.730. The Kier molecular flexibility index (Phi) is 4.78. The van der Waals surface area contributed by atoms with E-state index in [4.69, 9.17) is 23.8 Å². The molecule has 0 N–H and O–H groups in total. The van der Waals surface area contributed by atoms with Gasteiger partial charge in [-0.3, -0.25) is 0 Å². The van der Waals surface area contributed by atoms with Gasteiger partial charge < -0.3 is 0 Å². The SMILES string of the molecule is CC(=S)CCCCl. The standard InChI is InChI=1S/C5H9ClS/c1-5(7)3-2-4-6/h2-4H2,1H3. The second-order valence-electron chi connectivity index (χ2n) is 1.49. The van der Waals surface area contributed by atoms with Crippen LogP contribution in [0.1, 0.15) is 19.8 Å². The second-order valence-corrected chi connectivity index (χ2v) is 2.57. The molecule has 0 aliphatic carbocycles. The highest BCUT2D eigenvalue weighted by molar-refractivity contribution is 7.80. The van der Waals surface area contributed by atoms with Crippen LogP contribution in [-0.4, -0.2) is 10.7 Å². The molecule has 0 aliphatic rings. The number of rotatable bonds is 3. The summed E-state index contributed by atoms with van der Waals surface area (Å²) in [5.74, 6) is 0.730. The summed E-state index contributed by atoms with van der Waals surface area (Å²) in [5, 5.41) is 0. The van der Waals surface area contributed by atoms with Gasteiger partial charge in [0.25, 0.3) is 0 Å². The lowest BCUT2D eigenvalue weighted by molar-refractivity contribution is 1.01. The average Bonchev–Trinajstić information content (AvgIpc) is 1.61. The van der Waals surface area contributed by atoms with E-state index in [1.165, 1.54) is 0 Å². The van der Waals surface area contributed by atoms with Crippen LogP contribution in [0.5, 0.6) is 0 Å². The largest absolute Gasteiger partial charge is 0.127 e. The van der Waals surface area contributed by atoms with Crippen LogP contribution in [-0.2, 0) is 0 Å². The fourth-order valence-electron chi connectivity index (χ4n) is 0.316. The molecular formula is C5H9ClS. The molecule has 0 spiro atoms. The molecule has 0 aliphatic heterocycles. The van der Waals surface area contributed by atoms with Gasteiger partial charge in [-0.2, -0.15) is 0 Å². The second kappa shape index (κ2) is 4.54. The van der Waals surface area contributed by atoms with Crippen molar-refractivity contribution >= 4 is 28.7 Å². The highest BCUT2D eigenvalue weighted by Gasteiger charge is 1.84. The lowest BCUT2D eigenvalue weighted by atomic mass is 10.3. The molecule has 0 nitrogen and oxygen atoms in total. The van der Waals surface area contributed by atoms with Crippen molar-refractivity contribution in [3.05, 3.63) is 0 Å². The van der Waals surface area contributed by atoms with Gasteiger partial charge in [0.1, 0.15) is 0 Å². The molecule has 7 heavy (non-hydrogen) atoms. The van der Waals surface area contributed by atoms with Crippen molar-refractivity contribution in [2.24, 2.45) is 0 Å². The molecule has 2 heteroatoms. The normalized spacial score (nSPS) is 8.86. The molecule has 0 heterocycles. The molecule has 0 radical (unpaired) electrons. The molecule has 42 valence electrons. The summed E-state index contributed by atoms with van der Waals surface area (Å²) < 4.78 is 0. The molecule has 0 rings (SSSR count). The number of thiocarbonyl (C=S) groups is 1. The summed E-state index contributed by atoms with van der Waals surface area (Å²) in [4.78, 5) is 1.06. The molecular weight excluding hydrogens is 128 g/mol. The predicted octanol–water partition coefficient (Wildman–Crippen LogP) is 2.40. The van der Waals surface area contributed by atoms with Crippen LogP contribution >= 0.6 is 23.8 Å². The van der Waals surface area contributed by atoms with Crippen molar-refractivity contribution in [3.8, 4) is 0 Å². The highest BCUT2D eigenvalue weighted by Crippen LogP contribution is 1.93. The monoisotopic (exact) mass is 136 g/mol. The Balaban J connectivity index is 2.82. The summed E-state index contributed by atoms with van der Waals surface area (Å²) in [7, 11) is 0. The maximum atomic E-state index is 5.39. The molecule has 0 aromatic heterocycles. The minimum Gasteiger partial charge on any atom is -0.127 e. The molecule has 0 saturated heterocycles. The zero-order valence-electron chi connectivity index (χ0n) is 4.41. The summed E-state index contributed by atoms with van der Waals surface area (Å²) in [5.41, 5.74) is 0. The number of hydrogen-bond acceptors (Lipinski definition) is 1. The van der Waals surface area contributed by atoms with Crippen LogP contribution in [0.2, 0.25) is 0 Å². The Morgan fingerprint density at radius 2 is 2.29 bits per heavy atom. The van der Waals surface area contributed by atoms with Crippen molar-refractivity contribution in [1.29, 1.82) is 0 Å². The van der Waals surface area contributed by atoms with Crippen LogP contribution < -0.4 is 0 Å². The van der Waals surface area contributed by atoms with Crippen molar-refractivity contribution in [2.45, 2.75) is 19.8 Å². The molecule has 0 fully saturated rings. The molecule has 0 unspecified atom stereocenters. The van der Waals surface area contributed by atoms with Crippen molar-refractivity contribution in [3.63, 3.8) is 0 Å². The third kappa shape index (κ3) is 6.38. The first-order valence-electron chi connectivity index (χ1n) is 2.32. The van der Waals surface area contributed by atoms with Gasteiger partial charge >= 0.3 is 0 Å². The molecule has 0 bridgehead atoms. The number of hydrogen-bond donors (Lipinski definition) is 0. The number of halogens is 1. The van der Waals surface area contributed by atoms with E-state index in [0.717, 1.165) is 23.6 Å². The van der Waals surface area contributed by atoms with Gasteiger partial charge in [0.2, 0.25) is 0 Å². The molecule has 0 aromatic carbocycles. The fourth-order valence-corrected chi connectivity index (χ4v) is 0.594. The van der Waals surface area contributed by atoms with Gasteiger partial charge in [0.15, 0.2) is 0 Å². The Labute approximate surface area is 54.9 Å². The maximum Gasteiger partial charge on any atom is 0.0226 e. The van der Waals surface area contributed by atoms with Gasteiger partial charge in [-0.05, 0) is 24.6 Å². The summed E-state index contributed by atoms with van der Waals surface area (Å²) in [6, 6.07) is 0. The number of alkyl halides is 1. The molecule has 0 saturated carbocycles. The van der Waals surface area contributed by atoms with Crippen LogP contribution in [0.4, 0.5) is 0 Å². The molecule has 0 amide bonds. The van der Waals surface area contributed by atoms with E-state index >= 15 is 0 Å². The van der Waals surface area contributed by atoms with Gasteiger partial charge in [-0.25, -0.2) is 0 Å². The Morgan fingerprint density at radius 3 is 2.43 bits per heavy atom. The first kappa shape index (κ1) is 7.38. The van der Waals surface area contributed by atoms with Crippen LogP contribution in [0, 0.1) is 0 Å². The summed E-state index contributed by atoms with van der Waals surface area (Å²) >= 11 is 10.2. The maximum absolute atomic E-state index is 5.39. The summed E-state index contributed by atoms with van der Waals surface area (Å²) in [6.45, 7) is 1.95. The van der Waals surface area contributed by atoms with E-state index in [0.29, 0.717) is 0 Å². The third-order valence-corrected chi connectivity index (χ3v) is 1.13. The Morgan fingerprint density at radius 1 is 1.71 bits per heavy atom. The molecule has 0 atom stereocenters. The van der Waals surface area contributed by atoms with Crippen molar-refractivity contribution in [2.75, 3.05) is 5.88 Å². The van der Waals surface area contributed by atoms with Crippen LogP contribution in [0.15, 0.2) is 0 Å². The van der Waals surface area contributed by atoms with Gasteiger partial charge in [-0.1, -0.05) is 12.2 Å². The van der Waals surface area contributed by atoms with Crippen molar-refractivity contribution < 1.29 is 0 Å². The van der Waals surface area contributed by atoms with Gasteiger partial charge in [0, 0.05) is 5.88 Å². The van der Waals surface area contributed by atoms with Crippen LogP contribution in [0.3, 0.4) is 0 Å². The first-order chi connectivity index (χ1) is 3.27. The van der Waals surface area contributed by atoms with Gasteiger partial charge in [0.05, 0.1) is 0 Å². The topological polar surface area (TPSA) is 0 Å². The lowest BCUT2D eigenvalue weighted by Crippen LogP contribution is -1.85. The van der Waals surface area contributed by atoms with Crippen molar-refractivity contribution in [1.82, 2.24) is 0 Å².